The molecular formula is C14H21N3O2S2. The molecule has 1 aliphatic heterocycles. The number of hydrogen-bond donors (Lipinski definition) is 3. The third-order valence-corrected chi connectivity index (χ3v) is 5.65. The Labute approximate surface area is 131 Å². The molecule has 5 nitrogen and oxygen atoms in total. The molecule has 2 rings (SSSR count). The normalized spacial score (nSPS) is 23.7. The number of sulfone groups is 1. The summed E-state index contributed by atoms with van der Waals surface area (Å²) in [7, 11) is -2.87. The molecule has 3 N–H and O–H groups in total. The molecule has 1 heterocycles. The molecule has 1 aromatic rings. The second kappa shape index (κ2) is 6.72. The van der Waals surface area contributed by atoms with Crippen LogP contribution in [-0.2, 0) is 9.84 Å². The highest BCUT2D eigenvalue weighted by Gasteiger charge is 2.37. The molecule has 0 spiro atoms. The number of anilines is 1. The Morgan fingerprint density at radius 1 is 1.29 bits per heavy atom. The first kappa shape index (κ1) is 16.2. The first-order chi connectivity index (χ1) is 9.89. The van der Waals surface area contributed by atoms with Crippen LogP contribution in [0.1, 0.15) is 13.3 Å². The summed E-state index contributed by atoms with van der Waals surface area (Å²) in [5, 5.41) is 10.1. The fourth-order valence-electron chi connectivity index (χ4n) is 2.39. The highest BCUT2D eigenvalue weighted by atomic mass is 32.2. The van der Waals surface area contributed by atoms with Crippen molar-refractivity contribution < 1.29 is 8.42 Å². The molecule has 0 unspecified atom stereocenters. The van der Waals surface area contributed by atoms with Gasteiger partial charge in [0.05, 0.1) is 11.5 Å². The largest absolute Gasteiger partial charge is 0.361 e. The molecule has 1 fully saturated rings. The topological polar surface area (TPSA) is 70.2 Å². The van der Waals surface area contributed by atoms with Gasteiger partial charge in [0.25, 0.3) is 0 Å². The summed E-state index contributed by atoms with van der Waals surface area (Å²) >= 11 is 5.20. The van der Waals surface area contributed by atoms with Gasteiger partial charge in [-0.2, -0.15) is 0 Å². The Hall–Kier alpha value is -1.18. The van der Waals surface area contributed by atoms with Gasteiger partial charge in [0.2, 0.25) is 0 Å². The number of rotatable bonds is 5. The van der Waals surface area contributed by atoms with Gasteiger partial charge in [0.15, 0.2) is 14.9 Å². The van der Waals surface area contributed by atoms with Gasteiger partial charge in [0, 0.05) is 24.3 Å². The Kier molecular flexibility index (Phi) is 5.18. The van der Waals surface area contributed by atoms with Crippen molar-refractivity contribution in [2.45, 2.75) is 18.9 Å². The molecule has 0 aromatic heterocycles. The monoisotopic (exact) mass is 327 g/mol. The molecular weight excluding hydrogens is 306 g/mol. The molecule has 0 amide bonds. The first-order valence-corrected chi connectivity index (χ1v) is 9.17. The number of thiocarbonyl (C=S) groups is 1. The van der Waals surface area contributed by atoms with Crippen molar-refractivity contribution in [1.82, 2.24) is 10.6 Å². The highest BCUT2D eigenvalue weighted by molar-refractivity contribution is 7.91. The van der Waals surface area contributed by atoms with E-state index in [0.29, 0.717) is 24.6 Å². The summed E-state index contributed by atoms with van der Waals surface area (Å²) in [4.78, 5) is 0. The van der Waals surface area contributed by atoms with E-state index in [4.69, 9.17) is 12.2 Å². The predicted molar refractivity (Wildman–Crippen MR) is 90.3 cm³/mol. The zero-order chi connectivity index (χ0) is 15.3. The second-order valence-corrected chi connectivity index (χ2v) is 8.17. The van der Waals surface area contributed by atoms with E-state index in [9.17, 15) is 8.42 Å². The zero-order valence-corrected chi connectivity index (χ0v) is 13.7. The van der Waals surface area contributed by atoms with Crippen molar-refractivity contribution in [1.29, 1.82) is 0 Å². The molecule has 1 atom stereocenters. The molecule has 116 valence electrons. The van der Waals surface area contributed by atoms with Crippen LogP contribution in [0.25, 0.3) is 0 Å². The quantitative estimate of drug-likeness (QED) is 0.556. The van der Waals surface area contributed by atoms with Crippen LogP contribution in [-0.4, -0.2) is 43.7 Å². The van der Waals surface area contributed by atoms with E-state index in [-0.39, 0.29) is 17.0 Å². The van der Waals surface area contributed by atoms with E-state index in [1.54, 1.807) is 0 Å². The Balaban J connectivity index is 1.67. The van der Waals surface area contributed by atoms with E-state index in [2.05, 4.69) is 16.0 Å². The highest BCUT2D eigenvalue weighted by Crippen LogP contribution is 2.22. The molecule has 0 radical (unpaired) electrons. The molecule has 0 aliphatic carbocycles. The van der Waals surface area contributed by atoms with E-state index < -0.39 is 9.84 Å². The summed E-state index contributed by atoms with van der Waals surface area (Å²) in [6, 6.07) is 9.71. The van der Waals surface area contributed by atoms with E-state index in [0.717, 1.165) is 5.69 Å². The molecule has 1 aromatic carbocycles. The van der Waals surface area contributed by atoms with E-state index >= 15 is 0 Å². The average molecular weight is 327 g/mol. The van der Waals surface area contributed by atoms with Crippen molar-refractivity contribution in [3.05, 3.63) is 30.3 Å². The Morgan fingerprint density at radius 2 is 2.00 bits per heavy atom. The zero-order valence-electron chi connectivity index (χ0n) is 12.1. The maximum atomic E-state index is 11.5. The van der Waals surface area contributed by atoms with Crippen LogP contribution in [0.2, 0.25) is 0 Å². The average Bonchev–Trinajstić information content (AvgIpc) is 2.70. The molecule has 1 saturated heterocycles. The summed E-state index contributed by atoms with van der Waals surface area (Å²) in [5.74, 6) is 0.491. The maximum Gasteiger partial charge on any atom is 0.170 e. The van der Waals surface area contributed by atoms with Crippen molar-refractivity contribution in [2.24, 2.45) is 0 Å². The van der Waals surface area contributed by atoms with Crippen LogP contribution >= 0.6 is 12.2 Å². The molecule has 0 bridgehead atoms. The summed E-state index contributed by atoms with van der Waals surface area (Å²) in [5.41, 5.74) is 0.631. The smallest absolute Gasteiger partial charge is 0.170 e. The fraction of sp³-hybridized carbons (Fsp3) is 0.500. The molecule has 0 saturated carbocycles. The van der Waals surface area contributed by atoms with Gasteiger partial charge < -0.3 is 16.0 Å². The minimum absolute atomic E-state index is 0.215. The van der Waals surface area contributed by atoms with Crippen LogP contribution in [0.4, 0.5) is 5.69 Å². The lowest BCUT2D eigenvalue weighted by Gasteiger charge is -2.24. The van der Waals surface area contributed by atoms with Crippen LogP contribution in [0, 0.1) is 0 Å². The van der Waals surface area contributed by atoms with Crippen LogP contribution in [0.15, 0.2) is 30.3 Å². The van der Waals surface area contributed by atoms with E-state index in [1.165, 1.54) is 0 Å². The lowest BCUT2D eigenvalue weighted by Crippen LogP contribution is -2.47. The van der Waals surface area contributed by atoms with Crippen LogP contribution in [0.5, 0.6) is 0 Å². The van der Waals surface area contributed by atoms with Gasteiger partial charge in [-0.1, -0.05) is 18.2 Å². The minimum Gasteiger partial charge on any atom is -0.361 e. The predicted octanol–water partition coefficient (Wildman–Crippen LogP) is 1.14. The van der Waals surface area contributed by atoms with Crippen molar-refractivity contribution >= 4 is 32.9 Å². The van der Waals surface area contributed by atoms with Gasteiger partial charge in [-0.15, -0.1) is 0 Å². The molecule has 7 heteroatoms. The third kappa shape index (κ3) is 5.26. The summed E-state index contributed by atoms with van der Waals surface area (Å²) in [6.45, 7) is 3.27. The Morgan fingerprint density at radius 3 is 2.62 bits per heavy atom. The summed E-state index contributed by atoms with van der Waals surface area (Å²) in [6.07, 6.45) is 0.669. The number of para-hydroxylation sites is 1. The Bertz CT molecular complexity index is 589. The van der Waals surface area contributed by atoms with Gasteiger partial charge in [-0.05, 0) is 37.7 Å². The maximum absolute atomic E-state index is 11.5. The number of benzene rings is 1. The van der Waals surface area contributed by atoms with Crippen molar-refractivity contribution in [2.75, 3.05) is 29.9 Å². The van der Waals surface area contributed by atoms with Crippen molar-refractivity contribution in [3.63, 3.8) is 0 Å². The summed E-state index contributed by atoms with van der Waals surface area (Å²) < 4.78 is 23.0. The second-order valence-electron chi connectivity index (χ2n) is 5.58. The van der Waals surface area contributed by atoms with Crippen molar-refractivity contribution in [3.8, 4) is 0 Å². The van der Waals surface area contributed by atoms with Gasteiger partial charge in [0.1, 0.15) is 0 Å². The van der Waals surface area contributed by atoms with Gasteiger partial charge >= 0.3 is 0 Å². The fourth-order valence-corrected chi connectivity index (χ4v) is 4.73. The molecule has 1 aliphatic rings. The molecule has 21 heavy (non-hydrogen) atoms. The lowest BCUT2D eigenvalue weighted by molar-refractivity contribution is 0.400. The lowest BCUT2D eigenvalue weighted by atomic mass is 10.0. The van der Waals surface area contributed by atoms with Crippen LogP contribution in [0.3, 0.4) is 0 Å². The minimum atomic E-state index is -2.87. The standard InChI is InChI=1S/C14H21N3O2S2/c1-14(7-10-21(18,19)11-14)16-9-8-15-13(20)17-12-5-3-2-4-6-12/h2-6,16H,7-11H2,1H3,(H2,15,17,20)/t14-/m1/s1. The number of nitrogens with one attached hydrogen (secondary N) is 3. The van der Waals surface area contributed by atoms with Gasteiger partial charge in [-0.25, -0.2) is 8.42 Å². The number of hydrogen-bond acceptors (Lipinski definition) is 4. The SMILES string of the molecule is C[C@@]1(NCCNC(=S)Nc2ccccc2)CCS(=O)(=O)C1. The first-order valence-electron chi connectivity index (χ1n) is 6.94. The van der Waals surface area contributed by atoms with E-state index in [1.807, 2.05) is 37.3 Å². The van der Waals surface area contributed by atoms with Crippen LogP contribution < -0.4 is 16.0 Å². The third-order valence-electron chi connectivity index (χ3n) is 3.50. The van der Waals surface area contributed by atoms with Gasteiger partial charge in [-0.3, -0.25) is 0 Å².